The van der Waals surface area contributed by atoms with E-state index < -0.39 is 5.60 Å². The zero-order valence-electron chi connectivity index (χ0n) is 18.1. The number of carbonyl (C=O) groups excluding carboxylic acids is 1. The molecule has 0 radical (unpaired) electrons. The number of hydrogen-bond acceptors (Lipinski definition) is 8. The van der Waals surface area contributed by atoms with Gasteiger partial charge >= 0.3 is 6.01 Å². The van der Waals surface area contributed by atoms with Crippen LogP contribution in [0.15, 0.2) is 28.9 Å². The summed E-state index contributed by atoms with van der Waals surface area (Å²) in [5.74, 6) is 0.632. The maximum atomic E-state index is 12.9. The number of piperazine rings is 1. The highest BCUT2D eigenvalue weighted by atomic mass is 16.5. The first-order chi connectivity index (χ1) is 15.6. The highest BCUT2D eigenvalue weighted by Crippen LogP contribution is 2.30. The molecule has 3 aliphatic rings. The van der Waals surface area contributed by atoms with E-state index in [-0.39, 0.29) is 11.9 Å². The number of amides is 1. The first kappa shape index (κ1) is 19.7. The van der Waals surface area contributed by atoms with Gasteiger partial charge in [-0.3, -0.25) is 9.48 Å². The Bertz CT molecular complexity index is 1140. The van der Waals surface area contributed by atoms with Crippen LogP contribution >= 0.6 is 0 Å². The van der Waals surface area contributed by atoms with Crippen LogP contribution in [0, 0.1) is 0 Å². The maximum Gasteiger partial charge on any atom is 0.324 e. The number of anilines is 1. The van der Waals surface area contributed by atoms with E-state index in [1.165, 1.54) is 0 Å². The molecule has 0 spiro atoms. The van der Waals surface area contributed by atoms with Crippen molar-refractivity contribution in [3.63, 3.8) is 0 Å². The van der Waals surface area contributed by atoms with E-state index in [9.17, 15) is 4.79 Å². The van der Waals surface area contributed by atoms with Gasteiger partial charge in [0.25, 0.3) is 5.91 Å². The number of benzene rings is 1. The van der Waals surface area contributed by atoms with Gasteiger partial charge in [-0.25, -0.2) is 0 Å². The van der Waals surface area contributed by atoms with Crippen molar-refractivity contribution < 1.29 is 18.8 Å². The summed E-state index contributed by atoms with van der Waals surface area (Å²) in [4.78, 5) is 21.4. The van der Waals surface area contributed by atoms with E-state index in [2.05, 4.69) is 15.2 Å². The number of fused-ring (bicyclic) bond motifs is 1. The summed E-state index contributed by atoms with van der Waals surface area (Å²) in [6.07, 6.45) is 3.60. The summed E-state index contributed by atoms with van der Waals surface area (Å²) in [6.45, 7) is 6.47. The Morgan fingerprint density at radius 3 is 2.75 bits per heavy atom. The largest absolute Gasteiger partial charge is 0.377 e. The molecule has 6 rings (SSSR count). The molecule has 3 fully saturated rings. The third kappa shape index (κ3) is 3.25. The van der Waals surface area contributed by atoms with Crippen molar-refractivity contribution in [1.82, 2.24) is 24.8 Å². The van der Waals surface area contributed by atoms with Crippen molar-refractivity contribution in [2.75, 3.05) is 50.9 Å². The summed E-state index contributed by atoms with van der Waals surface area (Å²) in [5.41, 5.74) is 1.25. The Morgan fingerprint density at radius 1 is 1.19 bits per heavy atom. The van der Waals surface area contributed by atoms with Crippen LogP contribution in [0.1, 0.15) is 25.8 Å². The molecule has 32 heavy (non-hydrogen) atoms. The second-order valence-corrected chi connectivity index (χ2v) is 8.92. The Labute approximate surface area is 185 Å². The minimum Gasteiger partial charge on any atom is -0.377 e. The molecule has 10 nitrogen and oxygen atoms in total. The second-order valence-electron chi connectivity index (χ2n) is 8.92. The van der Waals surface area contributed by atoms with Crippen LogP contribution in [-0.4, -0.2) is 82.3 Å². The van der Waals surface area contributed by atoms with Crippen LogP contribution in [0.25, 0.3) is 22.3 Å². The van der Waals surface area contributed by atoms with Crippen molar-refractivity contribution in [2.45, 2.75) is 31.4 Å². The van der Waals surface area contributed by atoms with Gasteiger partial charge < -0.3 is 23.8 Å². The average molecular weight is 438 g/mol. The molecular formula is C22H26N6O4. The zero-order valence-corrected chi connectivity index (χ0v) is 18.1. The van der Waals surface area contributed by atoms with Crippen molar-refractivity contribution in [2.24, 2.45) is 0 Å². The Balaban J connectivity index is 1.16. The van der Waals surface area contributed by atoms with Gasteiger partial charge in [0.05, 0.1) is 31.0 Å². The highest BCUT2D eigenvalue weighted by Gasteiger charge is 2.41. The number of rotatable bonds is 4. The van der Waals surface area contributed by atoms with Gasteiger partial charge in [0.1, 0.15) is 5.60 Å². The molecular weight excluding hydrogens is 412 g/mol. The molecule has 0 N–H and O–H groups in total. The lowest BCUT2D eigenvalue weighted by Gasteiger charge is -2.37. The number of aromatic nitrogens is 4. The molecule has 1 aromatic carbocycles. The molecule has 2 aromatic heterocycles. The minimum absolute atomic E-state index is 0.0858. The van der Waals surface area contributed by atoms with Gasteiger partial charge in [-0.05, 0) is 25.8 Å². The van der Waals surface area contributed by atoms with Crippen molar-refractivity contribution in [1.29, 1.82) is 0 Å². The first-order valence-corrected chi connectivity index (χ1v) is 11.2. The summed E-state index contributed by atoms with van der Waals surface area (Å²) in [5, 5.41) is 9.79. The topological polar surface area (TPSA) is 98.8 Å². The molecule has 168 valence electrons. The second kappa shape index (κ2) is 7.56. The van der Waals surface area contributed by atoms with E-state index >= 15 is 0 Å². The monoisotopic (exact) mass is 438 g/mol. The highest BCUT2D eigenvalue weighted by molar-refractivity contribution is 5.85. The smallest absolute Gasteiger partial charge is 0.324 e. The third-order valence-electron chi connectivity index (χ3n) is 6.75. The summed E-state index contributed by atoms with van der Waals surface area (Å²) in [7, 11) is 0. The number of hydrogen-bond donors (Lipinski definition) is 0. The van der Waals surface area contributed by atoms with Crippen LogP contribution in [0.2, 0.25) is 0 Å². The Kier molecular flexibility index (Phi) is 4.65. The van der Waals surface area contributed by atoms with Gasteiger partial charge in [-0.2, -0.15) is 10.1 Å². The van der Waals surface area contributed by atoms with E-state index in [0.29, 0.717) is 57.8 Å². The first-order valence-electron chi connectivity index (χ1n) is 11.2. The fourth-order valence-electron chi connectivity index (χ4n) is 4.68. The minimum atomic E-state index is -0.670. The zero-order chi connectivity index (χ0) is 21.7. The molecule has 1 atom stereocenters. The van der Waals surface area contributed by atoms with Crippen LogP contribution in [0.3, 0.4) is 0 Å². The predicted molar refractivity (Wildman–Crippen MR) is 115 cm³/mol. The Hall–Kier alpha value is -2.98. The number of ether oxygens (including phenoxy) is 2. The molecule has 3 aromatic rings. The fraction of sp³-hybridized carbons (Fsp3) is 0.545. The van der Waals surface area contributed by atoms with E-state index in [0.717, 1.165) is 29.3 Å². The van der Waals surface area contributed by atoms with Gasteiger partial charge in [0.15, 0.2) is 0 Å². The summed E-state index contributed by atoms with van der Waals surface area (Å²) < 4.78 is 18.6. The lowest BCUT2D eigenvalue weighted by Crippen LogP contribution is -2.54. The third-order valence-corrected chi connectivity index (χ3v) is 6.75. The molecule has 0 saturated carbocycles. The molecule has 5 heterocycles. The summed E-state index contributed by atoms with van der Waals surface area (Å²) in [6, 6.07) is 6.82. The summed E-state index contributed by atoms with van der Waals surface area (Å²) >= 11 is 0. The molecule has 1 unspecified atom stereocenters. The van der Waals surface area contributed by atoms with Gasteiger partial charge in [0.2, 0.25) is 5.82 Å². The molecule has 10 heteroatoms. The maximum absolute atomic E-state index is 12.9. The van der Waals surface area contributed by atoms with E-state index in [1.54, 1.807) is 0 Å². The standard InChI is InChI=1S/C22H26N6O4/c1-22(5-2-10-31-22)20(29)26-6-8-27(9-7-26)21-24-19(25-32-21)15-3-4-16-12-23-28(18(16)11-15)17-13-30-14-17/h3-4,11-12,17H,2,5-10,13-14H2,1H3. The number of carbonyl (C=O) groups is 1. The Morgan fingerprint density at radius 2 is 2.03 bits per heavy atom. The quantitative estimate of drug-likeness (QED) is 0.609. The van der Waals surface area contributed by atoms with Gasteiger partial charge in [-0.1, -0.05) is 17.3 Å². The van der Waals surface area contributed by atoms with Crippen LogP contribution in [0.5, 0.6) is 0 Å². The molecule has 1 amide bonds. The number of nitrogens with zero attached hydrogens (tertiary/aromatic N) is 6. The SMILES string of the molecule is CC1(C(=O)N2CCN(c3nc(-c4ccc5cnn(C6COC6)c5c4)no3)CC2)CCCO1. The van der Waals surface area contributed by atoms with Crippen molar-refractivity contribution >= 4 is 22.8 Å². The normalized spacial score (nSPS) is 24.3. The molecule has 0 bridgehead atoms. The van der Waals surface area contributed by atoms with E-state index in [4.69, 9.17) is 14.0 Å². The lowest BCUT2D eigenvalue weighted by atomic mass is 10.0. The van der Waals surface area contributed by atoms with Gasteiger partial charge in [0, 0.05) is 43.7 Å². The van der Waals surface area contributed by atoms with Crippen molar-refractivity contribution in [3.05, 3.63) is 24.4 Å². The predicted octanol–water partition coefficient (Wildman–Crippen LogP) is 1.88. The van der Waals surface area contributed by atoms with Crippen molar-refractivity contribution in [3.8, 4) is 11.4 Å². The van der Waals surface area contributed by atoms with E-state index in [1.807, 2.05) is 45.8 Å². The van der Waals surface area contributed by atoms with Crippen LogP contribution in [-0.2, 0) is 14.3 Å². The average Bonchev–Trinajstić information content (AvgIpc) is 3.53. The fourth-order valence-corrected chi connectivity index (χ4v) is 4.68. The molecule has 3 aliphatic heterocycles. The lowest BCUT2D eigenvalue weighted by molar-refractivity contribution is -0.151. The van der Waals surface area contributed by atoms with Crippen LogP contribution in [0.4, 0.5) is 6.01 Å². The molecule has 3 saturated heterocycles. The molecule has 0 aliphatic carbocycles. The van der Waals surface area contributed by atoms with Gasteiger partial charge in [-0.15, -0.1) is 0 Å². The van der Waals surface area contributed by atoms with Crippen LogP contribution < -0.4 is 4.90 Å².